The van der Waals surface area contributed by atoms with Crippen molar-refractivity contribution in [3.63, 3.8) is 0 Å². The number of carbonyl (C=O) groups is 1. The number of methoxy groups -OCH3 is 1. The molecule has 0 aromatic heterocycles. The van der Waals surface area contributed by atoms with E-state index in [2.05, 4.69) is 30.8 Å². The summed E-state index contributed by atoms with van der Waals surface area (Å²) >= 11 is 0. The van der Waals surface area contributed by atoms with Gasteiger partial charge in [-0.1, -0.05) is 33.6 Å². The van der Waals surface area contributed by atoms with Crippen LogP contribution < -0.4 is 5.32 Å². The highest BCUT2D eigenvalue weighted by Crippen LogP contribution is 1.82. The molecular formula is C9H21NO2. The highest BCUT2D eigenvalue weighted by atomic mass is 16.5. The second-order valence-electron chi connectivity index (χ2n) is 2.48. The van der Waals surface area contributed by atoms with E-state index in [0.29, 0.717) is 6.54 Å². The minimum Gasteiger partial charge on any atom is -0.453 e. The Hall–Kier alpha value is -0.730. The van der Waals surface area contributed by atoms with Crippen molar-refractivity contribution in [1.82, 2.24) is 5.32 Å². The summed E-state index contributed by atoms with van der Waals surface area (Å²) in [7, 11) is 1.36. The Bertz CT molecular complexity index is 94.5. The number of alkyl carbamates (subject to hydrolysis) is 1. The molecule has 0 fully saturated rings. The Kier molecular flexibility index (Phi) is 14.9. The summed E-state index contributed by atoms with van der Waals surface area (Å²) in [6.45, 7) is 7.03. The molecule has 3 heteroatoms. The van der Waals surface area contributed by atoms with Crippen molar-refractivity contribution < 1.29 is 9.53 Å². The summed E-state index contributed by atoms with van der Waals surface area (Å²) in [6.07, 6.45) is 3.00. The fraction of sp³-hybridized carbons (Fsp3) is 0.889. The molecule has 0 aromatic carbocycles. The smallest absolute Gasteiger partial charge is 0.406 e. The van der Waals surface area contributed by atoms with Gasteiger partial charge in [0.15, 0.2) is 0 Å². The second kappa shape index (κ2) is 12.9. The number of amides is 1. The van der Waals surface area contributed by atoms with Crippen LogP contribution in [0, 0.1) is 0 Å². The number of hydrogen-bond donors (Lipinski definition) is 1. The van der Waals surface area contributed by atoms with Crippen LogP contribution in [0.5, 0.6) is 0 Å². The van der Waals surface area contributed by atoms with Gasteiger partial charge in [-0.05, 0) is 6.42 Å². The van der Waals surface area contributed by atoms with Gasteiger partial charge in [0.1, 0.15) is 0 Å². The monoisotopic (exact) mass is 175 g/mol. The minimum absolute atomic E-state index is 0.344. The van der Waals surface area contributed by atoms with Crippen molar-refractivity contribution in [2.45, 2.75) is 40.0 Å². The average molecular weight is 175 g/mol. The Balaban J connectivity index is 0. The van der Waals surface area contributed by atoms with Gasteiger partial charge >= 0.3 is 6.09 Å². The molecule has 0 atom stereocenters. The van der Waals surface area contributed by atoms with Crippen LogP contribution in [0.4, 0.5) is 4.79 Å². The van der Waals surface area contributed by atoms with E-state index in [0.717, 1.165) is 12.8 Å². The number of ether oxygens (including phenoxy) is 1. The molecule has 0 heterocycles. The lowest BCUT2D eigenvalue weighted by Gasteiger charge is -1.99. The minimum atomic E-state index is -0.344. The molecule has 0 saturated carbocycles. The molecule has 0 spiro atoms. The summed E-state index contributed by atoms with van der Waals surface area (Å²) in [4.78, 5) is 10.4. The molecular weight excluding hydrogens is 154 g/mol. The Morgan fingerprint density at radius 2 is 1.83 bits per heavy atom. The highest BCUT2D eigenvalue weighted by molar-refractivity contribution is 5.66. The third kappa shape index (κ3) is 16.1. The zero-order valence-electron chi connectivity index (χ0n) is 8.64. The number of nitrogens with one attached hydrogen (secondary N) is 1. The zero-order valence-corrected chi connectivity index (χ0v) is 8.64. The third-order valence-electron chi connectivity index (χ3n) is 0.985. The van der Waals surface area contributed by atoms with Crippen LogP contribution in [0.25, 0.3) is 0 Å². The van der Waals surface area contributed by atoms with E-state index >= 15 is 0 Å². The first kappa shape index (κ1) is 13.8. The molecule has 0 aromatic rings. The van der Waals surface area contributed by atoms with Crippen LogP contribution in [-0.4, -0.2) is 19.7 Å². The molecule has 1 N–H and O–H groups in total. The molecule has 74 valence electrons. The molecule has 0 radical (unpaired) electrons. The predicted molar refractivity (Wildman–Crippen MR) is 51.3 cm³/mol. The molecule has 0 saturated heterocycles. The van der Waals surface area contributed by atoms with Crippen molar-refractivity contribution in [2.24, 2.45) is 0 Å². The molecule has 0 bridgehead atoms. The van der Waals surface area contributed by atoms with Crippen LogP contribution >= 0.6 is 0 Å². The van der Waals surface area contributed by atoms with Crippen molar-refractivity contribution >= 4 is 6.09 Å². The highest BCUT2D eigenvalue weighted by Gasteiger charge is 1.93. The molecule has 1 amide bonds. The maximum absolute atomic E-state index is 10.4. The van der Waals surface area contributed by atoms with Gasteiger partial charge in [-0.15, -0.1) is 0 Å². The van der Waals surface area contributed by atoms with E-state index < -0.39 is 0 Å². The summed E-state index contributed by atoms with van der Waals surface area (Å²) in [5.41, 5.74) is 0. The van der Waals surface area contributed by atoms with Crippen molar-refractivity contribution in [3.8, 4) is 0 Å². The van der Waals surface area contributed by atoms with E-state index in [1.165, 1.54) is 13.5 Å². The first-order valence-electron chi connectivity index (χ1n) is 4.54. The van der Waals surface area contributed by atoms with Gasteiger partial charge in [-0.25, -0.2) is 4.79 Å². The summed E-state index contributed by atoms with van der Waals surface area (Å²) < 4.78 is 4.35. The fourth-order valence-corrected chi connectivity index (χ4v) is 0.439. The van der Waals surface area contributed by atoms with E-state index in [1.807, 2.05) is 0 Å². The topological polar surface area (TPSA) is 38.3 Å². The van der Waals surface area contributed by atoms with Crippen LogP contribution in [0.3, 0.4) is 0 Å². The zero-order chi connectivity index (χ0) is 9.82. The van der Waals surface area contributed by atoms with Crippen molar-refractivity contribution in [1.29, 1.82) is 0 Å². The molecule has 3 nitrogen and oxygen atoms in total. The lowest BCUT2D eigenvalue weighted by atomic mass is 10.3. The third-order valence-corrected chi connectivity index (χ3v) is 0.985. The van der Waals surface area contributed by atoms with E-state index in [-0.39, 0.29) is 6.09 Å². The summed E-state index contributed by atoms with van der Waals surface area (Å²) in [5, 5.41) is 2.57. The summed E-state index contributed by atoms with van der Waals surface area (Å²) in [5.74, 6) is 0. The van der Waals surface area contributed by atoms with Gasteiger partial charge in [0.05, 0.1) is 7.11 Å². The lowest BCUT2D eigenvalue weighted by molar-refractivity contribution is 0.171. The Morgan fingerprint density at radius 1 is 1.33 bits per heavy atom. The van der Waals surface area contributed by atoms with Gasteiger partial charge in [0, 0.05) is 6.54 Å². The molecule has 0 aliphatic carbocycles. The first-order valence-corrected chi connectivity index (χ1v) is 4.54. The van der Waals surface area contributed by atoms with Crippen LogP contribution in [0.1, 0.15) is 40.0 Å². The molecule has 0 rings (SSSR count). The van der Waals surface area contributed by atoms with E-state index in [9.17, 15) is 4.79 Å². The molecule has 0 aliphatic rings. The fourth-order valence-electron chi connectivity index (χ4n) is 0.439. The first-order chi connectivity index (χ1) is 5.72. The normalized spacial score (nSPS) is 8.00. The standard InChI is InChI=1S/C6H13NO2.C3H8/c1-3-4-5-7-6(8)9-2;1-3-2/h3-5H2,1-2H3,(H,7,8);3H2,1-2H3. The van der Waals surface area contributed by atoms with Gasteiger partial charge in [0.2, 0.25) is 0 Å². The summed E-state index contributed by atoms with van der Waals surface area (Å²) in [6, 6.07) is 0. The van der Waals surface area contributed by atoms with Crippen LogP contribution in [-0.2, 0) is 4.74 Å². The average Bonchev–Trinajstić information content (AvgIpc) is 2.06. The SMILES string of the molecule is CCC.CCCCNC(=O)OC. The largest absolute Gasteiger partial charge is 0.453 e. The van der Waals surface area contributed by atoms with Gasteiger partial charge in [0.25, 0.3) is 0 Å². The molecule has 0 aliphatic heterocycles. The van der Waals surface area contributed by atoms with Gasteiger partial charge in [-0.2, -0.15) is 0 Å². The molecule has 12 heavy (non-hydrogen) atoms. The Labute approximate surface area is 75.5 Å². The lowest BCUT2D eigenvalue weighted by Crippen LogP contribution is -2.23. The van der Waals surface area contributed by atoms with Gasteiger partial charge < -0.3 is 10.1 Å². The van der Waals surface area contributed by atoms with Gasteiger partial charge in [-0.3, -0.25) is 0 Å². The van der Waals surface area contributed by atoms with E-state index in [1.54, 1.807) is 0 Å². The number of carbonyl (C=O) groups excluding carboxylic acids is 1. The maximum Gasteiger partial charge on any atom is 0.406 e. The molecule has 0 unspecified atom stereocenters. The number of rotatable bonds is 3. The maximum atomic E-state index is 10.4. The van der Waals surface area contributed by atoms with Crippen LogP contribution in [0.15, 0.2) is 0 Å². The Morgan fingerprint density at radius 3 is 2.17 bits per heavy atom. The van der Waals surface area contributed by atoms with Crippen molar-refractivity contribution in [2.75, 3.05) is 13.7 Å². The van der Waals surface area contributed by atoms with E-state index in [4.69, 9.17) is 0 Å². The number of hydrogen-bond acceptors (Lipinski definition) is 2. The second-order valence-corrected chi connectivity index (χ2v) is 2.48. The predicted octanol–water partition coefficient (Wildman–Crippen LogP) is 2.56. The van der Waals surface area contributed by atoms with Crippen LogP contribution in [0.2, 0.25) is 0 Å². The quantitative estimate of drug-likeness (QED) is 0.669. The number of unbranched alkanes of at least 4 members (excludes halogenated alkanes) is 1. The van der Waals surface area contributed by atoms with Crippen molar-refractivity contribution in [3.05, 3.63) is 0 Å².